The Morgan fingerprint density at radius 1 is 1.41 bits per heavy atom. The lowest BCUT2D eigenvalue weighted by molar-refractivity contribution is 0.0696. The first-order valence-electron chi connectivity index (χ1n) is 4.94. The van der Waals surface area contributed by atoms with Crippen LogP contribution in [0.4, 0.5) is 10.1 Å². The number of nitrogens with one attached hydrogen (secondary N) is 1. The third-order valence-electron chi connectivity index (χ3n) is 2.28. The van der Waals surface area contributed by atoms with Crippen molar-refractivity contribution in [2.45, 2.75) is 6.54 Å². The molecule has 0 aliphatic carbocycles. The van der Waals surface area contributed by atoms with Crippen molar-refractivity contribution in [3.05, 3.63) is 52.0 Å². The van der Waals surface area contributed by atoms with Crippen LogP contribution in [0.5, 0.6) is 0 Å². The number of carboxylic acids is 1. The van der Waals surface area contributed by atoms with Gasteiger partial charge in [-0.1, -0.05) is 0 Å². The van der Waals surface area contributed by atoms with Gasteiger partial charge in [-0.25, -0.2) is 9.18 Å². The molecule has 88 valence electrons. The Bertz CT molecular complexity index is 525. The number of hydrogen-bond acceptors (Lipinski definition) is 3. The van der Waals surface area contributed by atoms with Gasteiger partial charge in [0.25, 0.3) is 0 Å². The third kappa shape index (κ3) is 2.82. The molecule has 0 saturated heterocycles. The Morgan fingerprint density at radius 2 is 2.24 bits per heavy atom. The summed E-state index contributed by atoms with van der Waals surface area (Å²) < 4.78 is 13.5. The van der Waals surface area contributed by atoms with Crippen molar-refractivity contribution in [1.82, 2.24) is 0 Å². The number of aromatic carboxylic acids is 1. The van der Waals surface area contributed by atoms with Gasteiger partial charge in [0.15, 0.2) is 0 Å². The topological polar surface area (TPSA) is 49.3 Å². The summed E-state index contributed by atoms with van der Waals surface area (Å²) >= 11 is 1.57. The lowest BCUT2D eigenvalue weighted by Crippen LogP contribution is -2.03. The molecule has 2 aromatic rings. The summed E-state index contributed by atoms with van der Waals surface area (Å²) in [6.45, 7) is 0.521. The molecule has 0 radical (unpaired) electrons. The van der Waals surface area contributed by atoms with Crippen molar-refractivity contribution in [3.8, 4) is 0 Å². The molecule has 5 heteroatoms. The summed E-state index contributed by atoms with van der Waals surface area (Å²) in [6.07, 6.45) is 0. The van der Waals surface area contributed by atoms with Crippen molar-refractivity contribution in [1.29, 1.82) is 0 Å². The summed E-state index contributed by atoms with van der Waals surface area (Å²) in [5.41, 5.74) is 1.32. The van der Waals surface area contributed by atoms with Gasteiger partial charge in [-0.2, -0.15) is 11.3 Å². The quantitative estimate of drug-likeness (QED) is 0.877. The molecule has 2 rings (SSSR count). The second-order valence-electron chi connectivity index (χ2n) is 3.48. The van der Waals surface area contributed by atoms with Gasteiger partial charge in [-0.05, 0) is 40.6 Å². The Morgan fingerprint density at radius 3 is 2.82 bits per heavy atom. The first kappa shape index (κ1) is 11.6. The van der Waals surface area contributed by atoms with E-state index in [0.29, 0.717) is 12.2 Å². The predicted octanol–water partition coefficient (Wildman–Crippen LogP) is 3.20. The highest BCUT2D eigenvalue weighted by atomic mass is 32.1. The van der Waals surface area contributed by atoms with Crippen LogP contribution in [-0.2, 0) is 6.54 Å². The molecule has 0 bridgehead atoms. The average Bonchev–Trinajstić information content (AvgIpc) is 2.80. The van der Waals surface area contributed by atoms with Crippen LogP contribution in [0.25, 0.3) is 0 Å². The monoisotopic (exact) mass is 251 g/mol. The van der Waals surface area contributed by atoms with E-state index in [1.54, 1.807) is 11.3 Å². The lowest BCUT2D eigenvalue weighted by atomic mass is 10.2. The largest absolute Gasteiger partial charge is 0.478 e. The van der Waals surface area contributed by atoms with Crippen molar-refractivity contribution in [3.63, 3.8) is 0 Å². The maximum Gasteiger partial charge on any atom is 0.335 e. The molecule has 0 aliphatic rings. The molecule has 1 aromatic heterocycles. The number of halogens is 1. The van der Waals surface area contributed by atoms with Crippen LogP contribution in [0.3, 0.4) is 0 Å². The first-order chi connectivity index (χ1) is 8.16. The highest BCUT2D eigenvalue weighted by molar-refractivity contribution is 7.07. The molecule has 0 spiro atoms. The molecule has 0 amide bonds. The average molecular weight is 251 g/mol. The lowest BCUT2D eigenvalue weighted by Gasteiger charge is -2.06. The zero-order valence-electron chi connectivity index (χ0n) is 8.81. The van der Waals surface area contributed by atoms with E-state index in [1.807, 2.05) is 16.8 Å². The Balaban J connectivity index is 2.09. The number of carbonyl (C=O) groups is 1. The maximum atomic E-state index is 13.5. The highest BCUT2D eigenvalue weighted by Gasteiger charge is 2.07. The predicted molar refractivity (Wildman–Crippen MR) is 65.0 cm³/mol. The number of rotatable bonds is 4. The van der Waals surface area contributed by atoms with Gasteiger partial charge in [-0.15, -0.1) is 0 Å². The number of anilines is 1. The Labute approximate surface area is 102 Å². The first-order valence-corrected chi connectivity index (χ1v) is 5.89. The van der Waals surface area contributed by atoms with Gasteiger partial charge < -0.3 is 10.4 Å². The fraction of sp³-hybridized carbons (Fsp3) is 0.0833. The van der Waals surface area contributed by atoms with Crippen LogP contribution in [-0.4, -0.2) is 11.1 Å². The molecule has 0 fully saturated rings. The number of hydrogen-bond donors (Lipinski definition) is 2. The van der Waals surface area contributed by atoms with E-state index in [-0.39, 0.29) is 5.56 Å². The molecule has 1 aromatic carbocycles. The van der Waals surface area contributed by atoms with E-state index >= 15 is 0 Å². The molecule has 0 saturated carbocycles. The van der Waals surface area contributed by atoms with Gasteiger partial charge in [0.2, 0.25) is 0 Å². The minimum atomic E-state index is -1.13. The summed E-state index contributed by atoms with van der Waals surface area (Å²) in [6, 6.07) is 5.77. The minimum Gasteiger partial charge on any atom is -0.478 e. The molecule has 0 unspecified atom stereocenters. The molecular weight excluding hydrogens is 241 g/mol. The second-order valence-corrected chi connectivity index (χ2v) is 4.26. The van der Waals surface area contributed by atoms with Crippen LogP contribution in [0.1, 0.15) is 15.9 Å². The van der Waals surface area contributed by atoms with Gasteiger partial charge in [0, 0.05) is 6.54 Å². The summed E-state index contributed by atoms with van der Waals surface area (Å²) in [4.78, 5) is 10.6. The fourth-order valence-electron chi connectivity index (χ4n) is 1.38. The van der Waals surface area contributed by atoms with E-state index in [1.165, 1.54) is 12.1 Å². The van der Waals surface area contributed by atoms with Gasteiger partial charge in [-0.3, -0.25) is 0 Å². The van der Waals surface area contributed by atoms with E-state index < -0.39 is 11.8 Å². The van der Waals surface area contributed by atoms with E-state index in [0.717, 1.165) is 11.6 Å². The second kappa shape index (κ2) is 4.97. The van der Waals surface area contributed by atoms with E-state index in [4.69, 9.17) is 5.11 Å². The summed E-state index contributed by atoms with van der Waals surface area (Å²) in [5, 5.41) is 15.5. The molecule has 3 nitrogen and oxygen atoms in total. The van der Waals surface area contributed by atoms with Crippen LogP contribution in [0, 0.1) is 5.82 Å². The zero-order chi connectivity index (χ0) is 12.3. The van der Waals surface area contributed by atoms with E-state index in [9.17, 15) is 9.18 Å². The van der Waals surface area contributed by atoms with Gasteiger partial charge >= 0.3 is 5.97 Å². The molecule has 17 heavy (non-hydrogen) atoms. The number of carboxylic acid groups (broad SMARTS) is 1. The number of benzene rings is 1. The standard InChI is InChI=1S/C12H10FNO2S/c13-10-5-9(12(15)16)1-2-11(10)14-6-8-3-4-17-7-8/h1-5,7,14H,6H2,(H,15,16). The Hall–Kier alpha value is -1.88. The number of thiophene rings is 1. The maximum absolute atomic E-state index is 13.5. The molecule has 1 heterocycles. The third-order valence-corrected chi connectivity index (χ3v) is 3.01. The minimum absolute atomic E-state index is 0.0522. The molecule has 0 atom stereocenters. The highest BCUT2D eigenvalue weighted by Crippen LogP contribution is 2.17. The smallest absolute Gasteiger partial charge is 0.335 e. The van der Waals surface area contributed by atoms with Crippen LogP contribution < -0.4 is 5.32 Å². The zero-order valence-corrected chi connectivity index (χ0v) is 9.63. The normalized spacial score (nSPS) is 10.2. The van der Waals surface area contributed by atoms with Crippen LogP contribution >= 0.6 is 11.3 Å². The van der Waals surface area contributed by atoms with Crippen molar-refractivity contribution in [2.75, 3.05) is 5.32 Å². The fourth-order valence-corrected chi connectivity index (χ4v) is 2.05. The van der Waals surface area contributed by atoms with Crippen molar-refractivity contribution >= 4 is 23.0 Å². The van der Waals surface area contributed by atoms with Gasteiger partial charge in [0.05, 0.1) is 11.3 Å². The molecule has 2 N–H and O–H groups in total. The summed E-state index contributed by atoms with van der Waals surface area (Å²) in [7, 11) is 0. The van der Waals surface area contributed by atoms with Gasteiger partial charge in [0.1, 0.15) is 5.82 Å². The Kier molecular flexibility index (Phi) is 3.39. The van der Waals surface area contributed by atoms with Crippen molar-refractivity contribution in [2.24, 2.45) is 0 Å². The van der Waals surface area contributed by atoms with Crippen LogP contribution in [0.15, 0.2) is 35.0 Å². The van der Waals surface area contributed by atoms with Crippen molar-refractivity contribution < 1.29 is 14.3 Å². The molecular formula is C12H10FNO2S. The van der Waals surface area contributed by atoms with Crippen LogP contribution in [0.2, 0.25) is 0 Å². The van der Waals surface area contributed by atoms with E-state index in [2.05, 4.69) is 5.32 Å². The summed E-state index contributed by atoms with van der Waals surface area (Å²) in [5.74, 6) is -1.69. The molecule has 0 aliphatic heterocycles. The SMILES string of the molecule is O=C(O)c1ccc(NCc2ccsc2)c(F)c1.